The van der Waals surface area contributed by atoms with Crippen molar-refractivity contribution in [2.45, 2.75) is 19.1 Å². The summed E-state index contributed by atoms with van der Waals surface area (Å²) >= 11 is 0. The number of cyclic esters (lactones) is 1. The molecule has 2 N–H and O–H groups in total. The smallest absolute Gasteiger partial charge is 0.339 e. The number of ether oxygens (including phenoxy) is 2. The molecular formula is C20H20N2O5. The van der Waals surface area contributed by atoms with Gasteiger partial charge in [0, 0.05) is 20.0 Å². The van der Waals surface area contributed by atoms with Gasteiger partial charge in [-0.1, -0.05) is 30.3 Å². The minimum atomic E-state index is -0.831. The van der Waals surface area contributed by atoms with E-state index in [1.807, 2.05) is 12.1 Å². The van der Waals surface area contributed by atoms with Crippen LogP contribution in [-0.2, 0) is 27.3 Å². The fraction of sp³-hybridized carbons (Fsp3) is 0.250. The Morgan fingerprint density at radius 2 is 1.89 bits per heavy atom. The Hall–Kier alpha value is -3.35. The number of hydrogen-bond donors (Lipinski definition) is 2. The Morgan fingerprint density at radius 1 is 1.15 bits per heavy atom. The number of amides is 2. The van der Waals surface area contributed by atoms with Gasteiger partial charge in [-0.25, -0.2) is 4.79 Å². The van der Waals surface area contributed by atoms with Crippen molar-refractivity contribution in [2.24, 2.45) is 0 Å². The predicted molar refractivity (Wildman–Crippen MR) is 97.2 cm³/mol. The molecule has 1 aliphatic heterocycles. The second-order valence-corrected chi connectivity index (χ2v) is 6.08. The summed E-state index contributed by atoms with van der Waals surface area (Å²) in [5.74, 6) is -0.464. The summed E-state index contributed by atoms with van der Waals surface area (Å²) in [4.78, 5) is 35.5. The van der Waals surface area contributed by atoms with Gasteiger partial charge in [0.15, 0.2) is 12.7 Å². The number of carbonyl (C=O) groups is 3. The van der Waals surface area contributed by atoms with Crippen LogP contribution >= 0.6 is 0 Å². The van der Waals surface area contributed by atoms with Crippen molar-refractivity contribution in [3.05, 3.63) is 65.2 Å². The highest BCUT2D eigenvalue weighted by Crippen LogP contribution is 2.20. The fourth-order valence-corrected chi connectivity index (χ4v) is 2.71. The molecule has 0 aliphatic carbocycles. The monoisotopic (exact) mass is 368 g/mol. The van der Waals surface area contributed by atoms with E-state index in [9.17, 15) is 14.4 Å². The standard InChI is InChI=1S/C20H20N2O5/c1-21-18(23)12-26-15-8-6-13(7-9-15)11-22-19(24)17-10-14-4-2-3-5-16(14)20(25)27-17/h2-9,17H,10-12H2,1H3,(H,21,23)(H,22,24)/t17-/m1/s1. The van der Waals surface area contributed by atoms with Crippen LogP contribution in [0, 0.1) is 0 Å². The predicted octanol–water partition coefficient (Wildman–Crippen LogP) is 1.21. The Bertz CT molecular complexity index is 848. The van der Waals surface area contributed by atoms with Crippen molar-refractivity contribution in [2.75, 3.05) is 13.7 Å². The summed E-state index contributed by atoms with van der Waals surface area (Å²) in [6.45, 7) is 0.241. The van der Waals surface area contributed by atoms with Crippen molar-refractivity contribution in [3.8, 4) is 5.75 Å². The number of esters is 1. The molecular weight excluding hydrogens is 348 g/mol. The highest BCUT2D eigenvalue weighted by atomic mass is 16.5. The zero-order valence-electron chi connectivity index (χ0n) is 14.9. The number of rotatable bonds is 6. The van der Waals surface area contributed by atoms with E-state index in [1.165, 1.54) is 0 Å². The van der Waals surface area contributed by atoms with E-state index in [2.05, 4.69) is 10.6 Å². The first-order valence-electron chi connectivity index (χ1n) is 8.55. The first kappa shape index (κ1) is 18.4. The maximum Gasteiger partial charge on any atom is 0.339 e. The van der Waals surface area contributed by atoms with Gasteiger partial charge >= 0.3 is 5.97 Å². The summed E-state index contributed by atoms with van der Waals surface area (Å²) in [5.41, 5.74) is 2.18. The zero-order valence-corrected chi connectivity index (χ0v) is 14.9. The molecule has 0 fully saturated rings. The van der Waals surface area contributed by atoms with E-state index in [-0.39, 0.29) is 18.4 Å². The zero-order chi connectivity index (χ0) is 19.2. The van der Waals surface area contributed by atoms with Gasteiger partial charge in [-0.15, -0.1) is 0 Å². The molecule has 0 bridgehead atoms. The minimum absolute atomic E-state index is 0.0545. The summed E-state index contributed by atoms with van der Waals surface area (Å²) in [6.07, 6.45) is -0.470. The molecule has 140 valence electrons. The third-order valence-corrected chi connectivity index (χ3v) is 4.22. The van der Waals surface area contributed by atoms with Crippen LogP contribution in [0.5, 0.6) is 5.75 Å². The number of fused-ring (bicyclic) bond motifs is 1. The molecule has 1 atom stereocenters. The molecule has 7 heteroatoms. The molecule has 27 heavy (non-hydrogen) atoms. The van der Waals surface area contributed by atoms with Gasteiger partial charge in [-0.2, -0.15) is 0 Å². The number of hydrogen-bond acceptors (Lipinski definition) is 5. The lowest BCUT2D eigenvalue weighted by atomic mass is 9.98. The van der Waals surface area contributed by atoms with Gasteiger partial charge in [-0.05, 0) is 29.3 Å². The lowest BCUT2D eigenvalue weighted by Crippen LogP contribution is -2.41. The van der Waals surface area contributed by atoms with Crippen molar-refractivity contribution in [3.63, 3.8) is 0 Å². The van der Waals surface area contributed by atoms with Crippen molar-refractivity contribution in [1.82, 2.24) is 10.6 Å². The lowest BCUT2D eigenvalue weighted by molar-refractivity contribution is -0.130. The van der Waals surface area contributed by atoms with Crippen molar-refractivity contribution in [1.29, 1.82) is 0 Å². The first-order valence-corrected chi connectivity index (χ1v) is 8.55. The minimum Gasteiger partial charge on any atom is -0.484 e. The second-order valence-electron chi connectivity index (χ2n) is 6.08. The molecule has 7 nitrogen and oxygen atoms in total. The van der Waals surface area contributed by atoms with Crippen LogP contribution in [0.1, 0.15) is 21.5 Å². The maximum atomic E-state index is 12.3. The average molecular weight is 368 g/mol. The highest BCUT2D eigenvalue weighted by molar-refractivity contribution is 5.95. The average Bonchev–Trinajstić information content (AvgIpc) is 2.70. The van der Waals surface area contributed by atoms with Gasteiger partial charge in [0.1, 0.15) is 5.75 Å². The van der Waals surface area contributed by atoms with Gasteiger partial charge < -0.3 is 20.1 Å². The van der Waals surface area contributed by atoms with E-state index in [0.29, 0.717) is 24.3 Å². The quantitative estimate of drug-likeness (QED) is 0.748. The molecule has 1 heterocycles. The molecule has 2 aromatic rings. The maximum absolute atomic E-state index is 12.3. The molecule has 2 aromatic carbocycles. The van der Waals surface area contributed by atoms with Crippen LogP contribution in [0.2, 0.25) is 0 Å². The van der Waals surface area contributed by atoms with Crippen LogP contribution < -0.4 is 15.4 Å². The molecule has 0 saturated heterocycles. The third-order valence-electron chi connectivity index (χ3n) is 4.22. The van der Waals surface area contributed by atoms with E-state index in [4.69, 9.17) is 9.47 Å². The SMILES string of the molecule is CNC(=O)COc1ccc(CNC(=O)[C@H]2Cc3ccccc3C(=O)O2)cc1. The molecule has 3 rings (SSSR count). The van der Waals surface area contributed by atoms with Gasteiger partial charge in [0.2, 0.25) is 0 Å². The normalized spacial score (nSPS) is 15.3. The van der Waals surface area contributed by atoms with Crippen LogP contribution in [0.25, 0.3) is 0 Å². The summed E-state index contributed by atoms with van der Waals surface area (Å²) in [6, 6.07) is 14.2. The second kappa shape index (κ2) is 8.35. The molecule has 2 amide bonds. The summed E-state index contributed by atoms with van der Waals surface area (Å²) in [5, 5.41) is 5.25. The van der Waals surface area contributed by atoms with Crippen LogP contribution in [0.4, 0.5) is 0 Å². The molecule has 0 radical (unpaired) electrons. The lowest BCUT2D eigenvalue weighted by Gasteiger charge is -2.23. The van der Waals surface area contributed by atoms with Gasteiger partial charge in [0.05, 0.1) is 5.56 Å². The molecule has 0 unspecified atom stereocenters. The largest absolute Gasteiger partial charge is 0.484 e. The Morgan fingerprint density at radius 3 is 2.63 bits per heavy atom. The summed E-state index contributed by atoms with van der Waals surface area (Å²) < 4.78 is 10.6. The highest BCUT2D eigenvalue weighted by Gasteiger charge is 2.30. The fourth-order valence-electron chi connectivity index (χ4n) is 2.71. The number of nitrogens with one attached hydrogen (secondary N) is 2. The van der Waals surface area contributed by atoms with Crippen LogP contribution in [-0.4, -0.2) is 37.5 Å². The summed E-state index contributed by atoms with van der Waals surface area (Å²) in [7, 11) is 1.54. The first-order chi connectivity index (χ1) is 13.1. The van der Waals surface area contributed by atoms with E-state index >= 15 is 0 Å². The molecule has 1 aliphatic rings. The number of carbonyl (C=O) groups excluding carboxylic acids is 3. The van der Waals surface area contributed by atoms with E-state index in [1.54, 1.807) is 43.4 Å². The van der Waals surface area contributed by atoms with Crippen molar-refractivity contribution >= 4 is 17.8 Å². The molecule has 0 saturated carbocycles. The van der Waals surface area contributed by atoms with Gasteiger partial charge in [-0.3, -0.25) is 9.59 Å². The number of likely N-dealkylation sites (N-methyl/N-ethyl adjacent to an activating group) is 1. The van der Waals surface area contributed by atoms with Crippen LogP contribution in [0.3, 0.4) is 0 Å². The Balaban J connectivity index is 1.52. The topological polar surface area (TPSA) is 93.7 Å². The third kappa shape index (κ3) is 4.63. The van der Waals surface area contributed by atoms with Gasteiger partial charge in [0.25, 0.3) is 11.8 Å². The number of benzene rings is 2. The van der Waals surface area contributed by atoms with E-state index < -0.39 is 12.1 Å². The van der Waals surface area contributed by atoms with E-state index in [0.717, 1.165) is 11.1 Å². The Kier molecular flexibility index (Phi) is 5.71. The molecule has 0 aromatic heterocycles. The van der Waals surface area contributed by atoms with Crippen LogP contribution in [0.15, 0.2) is 48.5 Å². The Labute approximate surface area is 156 Å². The van der Waals surface area contributed by atoms with Crippen molar-refractivity contribution < 1.29 is 23.9 Å². The molecule has 0 spiro atoms.